The summed E-state index contributed by atoms with van der Waals surface area (Å²) in [5.74, 6) is 0. The molecule has 174 valence electrons. The highest BCUT2D eigenvalue weighted by Crippen LogP contribution is 2.25. The summed E-state index contributed by atoms with van der Waals surface area (Å²) in [7, 11) is -2.17. The van der Waals surface area contributed by atoms with E-state index in [9.17, 15) is 0 Å². The van der Waals surface area contributed by atoms with E-state index >= 15 is 0 Å². The van der Waals surface area contributed by atoms with Crippen LogP contribution in [0, 0.1) is 0 Å². The lowest BCUT2D eigenvalue weighted by molar-refractivity contribution is 0.351. The molecular weight excluding hydrogens is 400 g/mol. The third-order valence-corrected chi connectivity index (χ3v) is 13.9. The minimum atomic E-state index is -1.88. The van der Waals surface area contributed by atoms with Crippen LogP contribution in [0.15, 0.2) is 30.3 Å². The first kappa shape index (κ1) is 27.6. The van der Waals surface area contributed by atoms with Gasteiger partial charge in [0.2, 0.25) is 8.40 Å². The summed E-state index contributed by atoms with van der Waals surface area (Å²) in [5, 5.41) is 1.60. The monoisotopic (exact) mass is 450 g/mol. The van der Waals surface area contributed by atoms with Crippen LogP contribution in [0.25, 0.3) is 0 Å². The molecule has 0 aliphatic carbocycles. The van der Waals surface area contributed by atoms with Gasteiger partial charge in [-0.1, -0.05) is 103 Å². The molecule has 0 aromatic heterocycles. The van der Waals surface area contributed by atoms with E-state index in [4.69, 9.17) is 4.43 Å². The number of rotatable bonds is 18. The van der Waals surface area contributed by atoms with Gasteiger partial charge in [-0.15, -0.1) is 0 Å². The molecule has 0 fully saturated rings. The van der Waals surface area contributed by atoms with Gasteiger partial charge in [0.05, 0.1) is 0 Å². The Morgan fingerprint density at radius 3 is 1.87 bits per heavy atom. The molecule has 0 aliphatic rings. The summed E-state index contributed by atoms with van der Waals surface area (Å²) in [4.78, 5) is 0. The molecule has 0 aliphatic heterocycles. The zero-order chi connectivity index (χ0) is 22.2. The number of hydrogen-bond donors (Lipinski definition) is 0. The molecule has 1 aromatic carbocycles. The maximum atomic E-state index is 5.69. The molecule has 5 heteroatoms. The summed E-state index contributed by atoms with van der Waals surface area (Å²) < 4.78 is 11.3. The van der Waals surface area contributed by atoms with Gasteiger partial charge in [0.25, 0.3) is 0 Å². The van der Waals surface area contributed by atoms with E-state index in [1.54, 1.807) is 5.19 Å². The van der Waals surface area contributed by atoms with E-state index in [0.717, 1.165) is 38.3 Å². The first-order valence-corrected chi connectivity index (χ1v) is 16.2. The van der Waals surface area contributed by atoms with Crippen molar-refractivity contribution in [2.24, 2.45) is 0 Å². The Balaban J connectivity index is 2.73. The molecule has 0 saturated carbocycles. The average Bonchev–Trinajstić information content (AvgIpc) is 2.78. The fourth-order valence-corrected chi connectivity index (χ4v) is 11.7. The largest absolute Gasteiger partial charge is 0.424 e. The van der Waals surface area contributed by atoms with Crippen LogP contribution in [0.4, 0.5) is 0 Å². The molecule has 30 heavy (non-hydrogen) atoms. The van der Waals surface area contributed by atoms with Crippen LogP contribution in [0.3, 0.4) is 0 Å². The van der Waals surface area contributed by atoms with E-state index in [1.165, 1.54) is 44.6 Å². The summed E-state index contributed by atoms with van der Waals surface area (Å²) in [5.41, 5.74) is 0.841. The predicted octanol–water partition coefficient (Wildman–Crippen LogP) is 5.29. The molecular formula is C25H50N2OSi2. The highest BCUT2D eigenvalue weighted by atomic mass is 28.3. The second kappa shape index (κ2) is 16.2. The Morgan fingerprint density at radius 2 is 1.33 bits per heavy atom. The van der Waals surface area contributed by atoms with E-state index in [-0.39, 0.29) is 9.76 Å². The Bertz CT molecular complexity index is 509. The first-order valence-electron chi connectivity index (χ1n) is 12.7. The van der Waals surface area contributed by atoms with Crippen molar-refractivity contribution in [2.75, 3.05) is 32.8 Å². The number of unbranched alkanes of at least 4 members (excludes halogenated alkanes) is 4. The number of nitrogens with zero attached hydrogens (tertiary/aromatic N) is 2. The summed E-state index contributed by atoms with van der Waals surface area (Å²) >= 11 is 0. The van der Waals surface area contributed by atoms with Crippen LogP contribution in [0.2, 0.25) is 11.6 Å². The second-order valence-corrected chi connectivity index (χ2v) is 14.7. The van der Waals surface area contributed by atoms with Gasteiger partial charge in [-0.2, -0.15) is 0 Å². The van der Waals surface area contributed by atoms with E-state index in [1.807, 2.05) is 0 Å². The van der Waals surface area contributed by atoms with Gasteiger partial charge in [-0.25, -0.2) is 0 Å². The van der Waals surface area contributed by atoms with Gasteiger partial charge in [0, 0.05) is 6.61 Å². The average molecular weight is 451 g/mol. The zero-order valence-corrected chi connectivity index (χ0v) is 23.4. The molecule has 1 aromatic rings. The lowest BCUT2D eigenvalue weighted by Gasteiger charge is -2.48. The van der Waals surface area contributed by atoms with Crippen molar-refractivity contribution < 1.29 is 4.43 Å². The van der Waals surface area contributed by atoms with Gasteiger partial charge in [-0.05, 0) is 49.9 Å². The van der Waals surface area contributed by atoms with Gasteiger partial charge in [0.1, 0.15) is 0 Å². The van der Waals surface area contributed by atoms with Gasteiger partial charge >= 0.3 is 0 Å². The maximum absolute atomic E-state index is 5.69. The highest BCUT2D eigenvalue weighted by molar-refractivity contribution is 6.87. The minimum absolute atomic E-state index is 0.292. The Kier molecular flexibility index (Phi) is 14.9. The van der Waals surface area contributed by atoms with E-state index in [0.29, 0.717) is 0 Å². The van der Waals surface area contributed by atoms with Gasteiger partial charge in [-0.3, -0.25) is 0 Å². The quantitative estimate of drug-likeness (QED) is 0.223. The fourth-order valence-electron chi connectivity index (χ4n) is 5.02. The SMILES string of the molecule is CCO[SiH2]C(C)CCCCCCC[Si](c1ccccc1)(N(CC)CC)N(CC)CC. The van der Waals surface area contributed by atoms with Crippen LogP contribution in [-0.4, -0.2) is 60.1 Å². The molecule has 0 radical (unpaired) electrons. The van der Waals surface area contributed by atoms with Crippen LogP contribution in [-0.2, 0) is 4.43 Å². The third-order valence-electron chi connectivity index (χ3n) is 6.64. The van der Waals surface area contributed by atoms with E-state index in [2.05, 4.69) is 81.0 Å². The lowest BCUT2D eigenvalue weighted by atomic mass is 10.1. The standard InChI is InChI=1S/C25H50N2OSi2/c1-7-26(8-2)30(27(9-3)10-4,25-21-17-15-18-22-25)23-19-14-12-13-16-20-24(6)29-28-11-5/h15,17-18,21-22,24H,7-14,16,19-20,23,29H2,1-6H3. The molecule has 0 N–H and O–H groups in total. The number of hydrogen-bond acceptors (Lipinski definition) is 3. The molecule has 0 spiro atoms. The molecule has 1 rings (SSSR count). The highest BCUT2D eigenvalue weighted by Gasteiger charge is 2.44. The Hall–Kier alpha value is -0.466. The van der Waals surface area contributed by atoms with Crippen LogP contribution >= 0.6 is 0 Å². The second-order valence-electron chi connectivity index (χ2n) is 8.60. The molecule has 0 saturated heterocycles. The van der Waals surface area contributed by atoms with Crippen molar-refractivity contribution in [3.05, 3.63) is 30.3 Å². The first-order chi connectivity index (χ1) is 14.6. The third kappa shape index (κ3) is 8.23. The van der Waals surface area contributed by atoms with Crippen molar-refractivity contribution in [3.63, 3.8) is 0 Å². The molecule has 0 amide bonds. The molecule has 1 unspecified atom stereocenters. The van der Waals surface area contributed by atoms with Crippen molar-refractivity contribution in [2.45, 2.75) is 91.7 Å². The van der Waals surface area contributed by atoms with Gasteiger partial charge in [0.15, 0.2) is 9.76 Å². The van der Waals surface area contributed by atoms with E-state index < -0.39 is 8.40 Å². The zero-order valence-electron chi connectivity index (χ0n) is 21.0. The smallest absolute Gasteiger partial charge is 0.239 e. The van der Waals surface area contributed by atoms with Crippen LogP contribution in [0.1, 0.15) is 80.1 Å². The van der Waals surface area contributed by atoms with Crippen LogP contribution in [0.5, 0.6) is 0 Å². The summed E-state index contributed by atoms with van der Waals surface area (Å²) in [6, 6.07) is 12.8. The molecule has 1 atom stereocenters. The molecule has 3 nitrogen and oxygen atoms in total. The molecule has 0 heterocycles. The van der Waals surface area contributed by atoms with Gasteiger partial charge < -0.3 is 13.6 Å². The predicted molar refractivity (Wildman–Crippen MR) is 140 cm³/mol. The van der Waals surface area contributed by atoms with Crippen molar-refractivity contribution in [1.29, 1.82) is 0 Å². The Morgan fingerprint density at radius 1 is 0.800 bits per heavy atom. The topological polar surface area (TPSA) is 15.7 Å². The van der Waals surface area contributed by atoms with Crippen molar-refractivity contribution in [1.82, 2.24) is 9.13 Å². The molecule has 0 bridgehead atoms. The maximum Gasteiger partial charge on any atom is 0.239 e. The van der Waals surface area contributed by atoms with Crippen LogP contribution < -0.4 is 5.19 Å². The number of benzene rings is 1. The summed E-state index contributed by atoms with van der Waals surface area (Å²) in [6.45, 7) is 19.4. The van der Waals surface area contributed by atoms with Crippen molar-refractivity contribution >= 4 is 23.3 Å². The minimum Gasteiger partial charge on any atom is -0.424 e. The lowest BCUT2D eigenvalue weighted by Crippen LogP contribution is -2.72. The fraction of sp³-hybridized carbons (Fsp3) is 0.760. The summed E-state index contributed by atoms with van der Waals surface area (Å²) in [6.07, 6.45) is 8.27. The van der Waals surface area contributed by atoms with Crippen molar-refractivity contribution in [3.8, 4) is 0 Å². The Labute approximate surface area is 191 Å². The normalized spacial score (nSPS) is 13.7.